The number of benzene rings is 2. The Bertz CT molecular complexity index is 2260. The molecule has 4 rings (SSSR count). The Labute approximate surface area is 434 Å². The van der Waals surface area contributed by atoms with E-state index in [1.54, 1.807) is 33.5 Å². The van der Waals surface area contributed by atoms with Crippen LogP contribution in [-0.4, -0.2) is 130 Å². The second-order valence-electron chi connectivity index (χ2n) is 14.3. The molecule has 3 aromatic rings. The largest absolute Gasteiger partial charge is 0.778 e. The number of fused-ring (bicyclic) bond motifs is 1. The standard InChI is InChI=1S/C15H15ClFN3O3S2.C14H20ClNO2.C8H11Cl2NO.C3H8NO5P.C3H9S/c1-23-13(21)8-24-12-7-11(10(17)6-9(12)16)18-14-19-4-2-3-5-20(19)15(22)25-14;1-4-11-7-6-8-12(5-2)14(11)16(10-18-3)13(17)9-15;1-3-5-11(6-4-2)8(12)7(9)10;5-3(6)1-4-2-10(7,8)9;1-4(2)3/h6-7H,2-5,8H2,1H3;6-8H,4-5,9-10H2,1-3H3;3-4,7H,1-2,5-6H2;4H,1-2H2,(H,5,6)(H2,7,8,9);1-3H3/q;;;;+1/p-1/b18-14-;;;;. The van der Waals surface area contributed by atoms with Crippen LogP contribution in [0.2, 0.25) is 5.02 Å². The molecule has 0 fully saturated rings. The molecule has 0 radical (unpaired) electrons. The summed E-state index contributed by atoms with van der Waals surface area (Å²) >= 11 is 24.6. The number of hydrogen-bond donors (Lipinski definition) is 3. The number of carboxylic acids is 1. The average molecular weight is 1130 g/mol. The van der Waals surface area contributed by atoms with Crippen molar-refractivity contribution in [3.8, 4) is 0 Å². The number of esters is 1. The highest BCUT2D eigenvalue weighted by atomic mass is 35.5. The first-order chi connectivity index (χ1) is 32.5. The van der Waals surface area contributed by atoms with Gasteiger partial charge in [0.1, 0.15) is 31.7 Å². The van der Waals surface area contributed by atoms with E-state index in [0.29, 0.717) is 46.8 Å². The lowest BCUT2D eigenvalue weighted by Crippen LogP contribution is -2.35. The van der Waals surface area contributed by atoms with Crippen LogP contribution < -0.4 is 24.8 Å². The molecule has 1 aromatic heterocycles. The predicted octanol–water partition coefficient (Wildman–Crippen LogP) is 6.43. The number of aliphatic carboxylic acids is 1. The Balaban J connectivity index is 0.000000924. The minimum atomic E-state index is -4.35. The molecule has 388 valence electrons. The number of carbonyl (C=O) groups is 4. The number of methoxy groups -OCH3 is 2. The lowest BCUT2D eigenvalue weighted by Gasteiger charge is -2.26. The topological polar surface area (TPSA) is 225 Å². The SMILES string of the molecule is C=CCN(CC=C)C(=O)C(Cl)Cl.CCc1cccc(CC)c1N(COC)C(=O)CCl.COC(=O)CSc1cc(/N=c2\sc(=O)n3n2CCCC3)c(F)cc1Cl.C[S+](C)C.O=C(O)CNCP(=O)([O-])O. The van der Waals surface area contributed by atoms with E-state index in [0.717, 1.165) is 71.7 Å². The number of carbonyl (C=O) groups excluding carboxylic acids is 3. The zero-order valence-electron chi connectivity index (χ0n) is 39.6. The molecular formula is C43H62Cl4FN6O11PS3. The van der Waals surface area contributed by atoms with Crippen LogP contribution >= 0.6 is 77.1 Å². The molecule has 0 spiro atoms. The van der Waals surface area contributed by atoms with Gasteiger partial charge in [0.05, 0.1) is 55.2 Å². The van der Waals surface area contributed by atoms with Crippen LogP contribution in [0, 0.1) is 5.82 Å². The number of alkyl halides is 3. The van der Waals surface area contributed by atoms with Gasteiger partial charge in [0.25, 0.3) is 5.91 Å². The van der Waals surface area contributed by atoms with Crippen molar-refractivity contribution in [1.82, 2.24) is 19.6 Å². The summed E-state index contributed by atoms with van der Waals surface area (Å²) in [6.45, 7) is 13.1. The van der Waals surface area contributed by atoms with Crippen LogP contribution in [0.1, 0.15) is 37.8 Å². The van der Waals surface area contributed by atoms with E-state index in [9.17, 15) is 37.8 Å². The van der Waals surface area contributed by atoms with Crippen molar-refractivity contribution >= 4 is 123 Å². The Kier molecular flexibility index (Phi) is 34.2. The minimum absolute atomic E-state index is 0.0371. The number of nitrogens with one attached hydrogen (secondary N) is 1. The Hall–Kier alpha value is -3.18. The number of anilines is 1. The summed E-state index contributed by atoms with van der Waals surface area (Å²) < 4.78 is 37.3. The molecule has 0 saturated heterocycles. The molecule has 1 aliphatic rings. The normalized spacial score (nSPS) is 12.5. The van der Waals surface area contributed by atoms with Crippen LogP contribution in [-0.2, 0) is 70.0 Å². The number of aromatic nitrogens is 2. The summed E-state index contributed by atoms with van der Waals surface area (Å²) in [6, 6.07) is 8.75. The third-order valence-electron chi connectivity index (χ3n) is 8.38. The molecule has 1 unspecified atom stereocenters. The van der Waals surface area contributed by atoms with Crippen molar-refractivity contribution in [3.05, 3.63) is 92.1 Å². The van der Waals surface area contributed by atoms with Gasteiger partial charge in [-0.05, 0) is 71.2 Å². The molecule has 2 heterocycles. The average Bonchev–Trinajstić information content (AvgIpc) is 3.61. The molecule has 2 amide bonds. The van der Waals surface area contributed by atoms with Crippen molar-refractivity contribution in [2.75, 3.05) is 82.2 Å². The Morgan fingerprint density at radius 1 is 1.07 bits per heavy atom. The molecule has 1 atom stereocenters. The summed E-state index contributed by atoms with van der Waals surface area (Å²) in [5.74, 6) is -2.58. The van der Waals surface area contributed by atoms with Crippen LogP contribution in [0.3, 0.4) is 0 Å². The fourth-order valence-electron chi connectivity index (χ4n) is 5.46. The van der Waals surface area contributed by atoms with E-state index in [-0.39, 0.29) is 45.8 Å². The molecule has 0 saturated carbocycles. The minimum Gasteiger partial charge on any atom is -0.778 e. The number of amides is 2. The maximum absolute atomic E-state index is 14.3. The number of thioether (sulfide) groups is 1. The van der Waals surface area contributed by atoms with Crippen LogP contribution in [0.5, 0.6) is 0 Å². The monoisotopic (exact) mass is 1120 g/mol. The first kappa shape index (κ1) is 65.8. The molecule has 17 nitrogen and oxygen atoms in total. The summed E-state index contributed by atoms with van der Waals surface area (Å²) in [4.78, 5) is 81.5. The highest BCUT2D eigenvalue weighted by Crippen LogP contribution is 2.33. The van der Waals surface area contributed by atoms with Gasteiger partial charge in [0.2, 0.25) is 10.7 Å². The third-order valence-corrected chi connectivity index (χ3v) is 11.9. The van der Waals surface area contributed by atoms with Gasteiger partial charge in [0, 0.05) is 38.2 Å². The quantitative estimate of drug-likeness (QED) is 0.0224. The summed E-state index contributed by atoms with van der Waals surface area (Å²) in [5, 5.41) is 10.2. The highest BCUT2D eigenvalue weighted by Gasteiger charge is 2.21. The number of carboxylic acid groups (broad SMARTS) is 1. The van der Waals surface area contributed by atoms with E-state index in [4.69, 9.17) is 61.1 Å². The van der Waals surface area contributed by atoms with Crippen molar-refractivity contribution in [2.24, 2.45) is 4.99 Å². The zero-order valence-corrected chi connectivity index (χ0v) is 46.0. The van der Waals surface area contributed by atoms with E-state index in [1.165, 1.54) is 18.1 Å². The molecular weight excluding hydrogens is 1060 g/mol. The second kappa shape index (κ2) is 35.8. The van der Waals surface area contributed by atoms with Gasteiger partial charge in [-0.25, -0.2) is 14.1 Å². The molecule has 26 heteroatoms. The molecule has 3 N–H and O–H groups in total. The van der Waals surface area contributed by atoms with Crippen LogP contribution in [0.4, 0.5) is 15.8 Å². The molecule has 2 aromatic carbocycles. The summed E-state index contributed by atoms with van der Waals surface area (Å²) in [6.07, 6.45) is 12.7. The number of aryl methyl sites for hydroxylation is 2. The summed E-state index contributed by atoms with van der Waals surface area (Å²) in [5.41, 5.74) is 3.32. The van der Waals surface area contributed by atoms with Gasteiger partial charge in [0.15, 0.2) is 4.84 Å². The number of rotatable bonds is 19. The number of nitrogens with zero attached hydrogens (tertiary/aromatic N) is 5. The van der Waals surface area contributed by atoms with Crippen molar-refractivity contribution in [1.29, 1.82) is 0 Å². The van der Waals surface area contributed by atoms with Gasteiger partial charge in [-0.2, -0.15) is 0 Å². The highest BCUT2D eigenvalue weighted by molar-refractivity contribution is 8.00. The fourth-order valence-corrected chi connectivity index (χ4v) is 8.27. The lowest BCUT2D eigenvalue weighted by molar-refractivity contribution is -0.193. The molecule has 1 aliphatic heterocycles. The van der Waals surface area contributed by atoms with Crippen LogP contribution in [0.15, 0.2) is 70.3 Å². The predicted molar refractivity (Wildman–Crippen MR) is 278 cm³/mol. The number of halogens is 5. The maximum Gasteiger partial charge on any atom is 0.325 e. The van der Waals surface area contributed by atoms with Crippen LogP contribution in [0.25, 0.3) is 0 Å². The number of ether oxygens (including phenoxy) is 2. The third kappa shape index (κ3) is 26.2. The Morgan fingerprint density at radius 2 is 1.62 bits per heavy atom. The number of hydrogen-bond acceptors (Lipinski definition) is 13. The molecule has 69 heavy (non-hydrogen) atoms. The Morgan fingerprint density at radius 3 is 2.07 bits per heavy atom. The van der Waals surface area contributed by atoms with E-state index in [1.807, 2.05) is 23.5 Å². The van der Waals surface area contributed by atoms with E-state index in [2.05, 4.69) is 55.5 Å². The maximum atomic E-state index is 14.3. The first-order valence-corrected chi connectivity index (χ1v) is 28.5. The lowest BCUT2D eigenvalue weighted by atomic mass is 10.0. The van der Waals surface area contributed by atoms with Crippen molar-refractivity contribution in [2.45, 2.75) is 62.4 Å². The zero-order chi connectivity index (χ0) is 52.9. The summed E-state index contributed by atoms with van der Waals surface area (Å²) in [7, 11) is -0.833. The number of para-hydroxylation sites is 1. The van der Waals surface area contributed by atoms with Gasteiger partial charge in [-0.3, -0.25) is 38.9 Å². The van der Waals surface area contributed by atoms with Gasteiger partial charge in [-0.1, -0.05) is 79.0 Å². The van der Waals surface area contributed by atoms with Gasteiger partial charge in [-0.15, -0.1) is 36.5 Å². The first-order valence-electron chi connectivity index (χ1n) is 20.7. The smallest absolute Gasteiger partial charge is 0.325 e. The van der Waals surface area contributed by atoms with Crippen molar-refractivity contribution in [3.63, 3.8) is 0 Å². The van der Waals surface area contributed by atoms with Crippen molar-refractivity contribution < 1.29 is 52.5 Å². The van der Waals surface area contributed by atoms with E-state index >= 15 is 0 Å². The molecule has 0 aliphatic carbocycles. The van der Waals surface area contributed by atoms with Gasteiger partial charge >= 0.3 is 16.8 Å². The van der Waals surface area contributed by atoms with Gasteiger partial charge < -0.3 is 33.8 Å². The van der Waals surface area contributed by atoms with E-state index < -0.39 is 43.0 Å². The molecule has 0 bridgehead atoms. The second-order valence-corrected chi connectivity index (χ2v) is 22.0. The fraction of sp³-hybridized carbons (Fsp3) is 0.488.